The molecule has 0 heterocycles. The summed E-state index contributed by atoms with van der Waals surface area (Å²) in [4.78, 5) is 12.1. The van der Waals surface area contributed by atoms with E-state index in [9.17, 15) is 14.3 Å². The summed E-state index contributed by atoms with van der Waals surface area (Å²) in [6, 6.07) is 13.3. The maximum Gasteiger partial charge on any atom is 0.251 e. The van der Waals surface area contributed by atoms with Crippen LogP contribution in [0.1, 0.15) is 41.3 Å². The Hall–Kier alpha value is -2.64. The molecule has 1 aliphatic carbocycles. The molecule has 1 aliphatic rings. The lowest BCUT2D eigenvalue weighted by atomic mass is 9.72. The van der Waals surface area contributed by atoms with Gasteiger partial charge in [-0.2, -0.15) is 0 Å². The second-order valence-electron chi connectivity index (χ2n) is 6.79. The highest BCUT2D eigenvalue weighted by atomic mass is 19.1. The number of nitrogens with one attached hydrogen (secondary N) is 1. The number of carbonyl (C=O) groups excluding carboxylic acids is 1. The van der Waals surface area contributed by atoms with Gasteiger partial charge in [-0.3, -0.25) is 4.79 Å². The lowest BCUT2D eigenvalue weighted by molar-refractivity contribution is -0.0555. The zero-order valence-electron chi connectivity index (χ0n) is 14.1. The lowest BCUT2D eigenvalue weighted by Crippen LogP contribution is -2.45. The number of hydrogen-bond acceptors (Lipinski definition) is 2. The number of amides is 1. The van der Waals surface area contributed by atoms with Gasteiger partial charge in [-0.1, -0.05) is 24.0 Å². The summed E-state index contributed by atoms with van der Waals surface area (Å²) in [6.07, 6.45) is 1.44. The van der Waals surface area contributed by atoms with Gasteiger partial charge in [0, 0.05) is 17.7 Å². The van der Waals surface area contributed by atoms with E-state index in [2.05, 4.69) is 17.2 Å². The third-order valence-electron chi connectivity index (χ3n) is 4.37. The van der Waals surface area contributed by atoms with Crippen molar-refractivity contribution in [3.8, 4) is 11.8 Å². The van der Waals surface area contributed by atoms with E-state index in [1.54, 1.807) is 42.5 Å². The molecule has 0 saturated heterocycles. The van der Waals surface area contributed by atoms with Crippen molar-refractivity contribution >= 4 is 5.91 Å². The van der Waals surface area contributed by atoms with Gasteiger partial charge in [-0.05, 0) is 62.1 Å². The van der Waals surface area contributed by atoms with Crippen LogP contribution in [0.3, 0.4) is 0 Å². The molecule has 0 aliphatic heterocycles. The van der Waals surface area contributed by atoms with Gasteiger partial charge in [0.05, 0.1) is 11.2 Å². The SMILES string of the molecule is C[C@]1(O)C[C@@H](CNC(=O)c2ccc(C#Cc3ccccc3F)cc2)C1. The first-order valence-electron chi connectivity index (χ1n) is 8.30. The summed E-state index contributed by atoms with van der Waals surface area (Å²) in [5, 5.41) is 12.6. The van der Waals surface area contributed by atoms with Crippen LogP contribution >= 0.6 is 0 Å². The Labute approximate surface area is 146 Å². The predicted molar refractivity (Wildman–Crippen MR) is 94.5 cm³/mol. The quantitative estimate of drug-likeness (QED) is 0.846. The van der Waals surface area contributed by atoms with Crippen molar-refractivity contribution in [2.75, 3.05) is 6.54 Å². The molecule has 2 N–H and O–H groups in total. The molecule has 0 radical (unpaired) electrons. The molecule has 0 aromatic heterocycles. The largest absolute Gasteiger partial charge is 0.390 e. The van der Waals surface area contributed by atoms with E-state index in [1.165, 1.54) is 6.07 Å². The maximum atomic E-state index is 13.5. The van der Waals surface area contributed by atoms with Gasteiger partial charge >= 0.3 is 0 Å². The van der Waals surface area contributed by atoms with E-state index < -0.39 is 5.60 Å². The summed E-state index contributed by atoms with van der Waals surface area (Å²) < 4.78 is 13.5. The van der Waals surface area contributed by atoms with Crippen LogP contribution in [0.5, 0.6) is 0 Å². The normalized spacial score (nSPS) is 21.6. The zero-order chi connectivity index (χ0) is 17.9. The highest BCUT2D eigenvalue weighted by molar-refractivity contribution is 5.94. The Balaban J connectivity index is 1.57. The van der Waals surface area contributed by atoms with Gasteiger partial charge in [0.1, 0.15) is 5.82 Å². The first kappa shape index (κ1) is 17.2. The van der Waals surface area contributed by atoms with Gasteiger partial charge < -0.3 is 10.4 Å². The van der Waals surface area contributed by atoms with Gasteiger partial charge in [-0.25, -0.2) is 4.39 Å². The van der Waals surface area contributed by atoms with Crippen molar-refractivity contribution in [1.82, 2.24) is 5.32 Å². The minimum atomic E-state index is -0.575. The molecule has 1 saturated carbocycles. The highest BCUT2D eigenvalue weighted by Gasteiger charge is 2.38. The van der Waals surface area contributed by atoms with Crippen LogP contribution < -0.4 is 5.32 Å². The maximum absolute atomic E-state index is 13.5. The number of benzene rings is 2. The molecule has 25 heavy (non-hydrogen) atoms. The van der Waals surface area contributed by atoms with Crippen LogP contribution in [0.25, 0.3) is 0 Å². The molecule has 0 bridgehead atoms. The molecule has 4 heteroatoms. The third kappa shape index (κ3) is 4.46. The predicted octanol–water partition coefficient (Wildman–Crippen LogP) is 3.12. The molecule has 2 aromatic rings. The first-order valence-corrected chi connectivity index (χ1v) is 8.30. The molecule has 2 aromatic carbocycles. The average Bonchev–Trinajstić information content (AvgIpc) is 2.57. The smallest absolute Gasteiger partial charge is 0.251 e. The molecule has 0 atom stereocenters. The Morgan fingerprint density at radius 2 is 1.88 bits per heavy atom. The first-order chi connectivity index (χ1) is 11.9. The standard InChI is InChI=1S/C21H20FNO2/c1-21(25)12-16(13-21)14-23-20(24)18-10-7-15(8-11-18)6-9-17-4-2-3-5-19(17)22/h2-5,7-8,10-11,16,25H,12-14H2,1H3,(H,23,24)/t16-,21+. The summed E-state index contributed by atoms with van der Waals surface area (Å²) in [5.41, 5.74) is 1.05. The fourth-order valence-corrected chi connectivity index (χ4v) is 3.07. The highest BCUT2D eigenvalue weighted by Crippen LogP contribution is 2.36. The summed E-state index contributed by atoms with van der Waals surface area (Å²) >= 11 is 0. The Bertz CT molecular complexity index is 823. The fourth-order valence-electron chi connectivity index (χ4n) is 3.07. The van der Waals surface area contributed by atoms with Crippen LogP contribution in [0.4, 0.5) is 4.39 Å². The van der Waals surface area contributed by atoms with Crippen molar-refractivity contribution in [3.05, 3.63) is 71.0 Å². The van der Waals surface area contributed by atoms with Gasteiger partial charge in [-0.15, -0.1) is 0 Å². The van der Waals surface area contributed by atoms with Gasteiger partial charge in [0.2, 0.25) is 0 Å². The van der Waals surface area contributed by atoms with Gasteiger partial charge in [0.15, 0.2) is 0 Å². The number of halogens is 1. The summed E-state index contributed by atoms with van der Waals surface area (Å²) in [7, 11) is 0. The third-order valence-corrected chi connectivity index (χ3v) is 4.37. The fraction of sp³-hybridized carbons (Fsp3) is 0.286. The molecule has 128 valence electrons. The lowest BCUT2D eigenvalue weighted by Gasteiger charge is -2.40. The van der Waals surface area contributed by atoms with Crippen LogP contribution in [0, 0.1) is 23.6 Å². The van der Waals surface area contributed by atoms with Gasteiger partial charge in [0.25, 0.3) is 5.91 Å². The van der Waals surface area contributed by atoms with E-state index in [-0.39, 0.29) is 11.7 Å². The van der Waals surface area contributed by atoms with Crippen LogP contribution in [-0.4, -0.2) is 23.2 Å². The molecule has 1 amide bonds. The number of aliphatic hydroxyl groups is 1. The zero-order valence-corrected chi connectivity index (χ0v) is 14.1. The molecule has 0 unspecified atom stereocenters. The Morgan fingerprint density at radius 3 is 2.52 bits per heavy atom. The van der Waals surface area contributed by atoms with E-state index in [0.717, 1.165) is 18.4 Å². The van der Waals surface area contributed by atoms with Crippen molar-refractivity contribution in [1.29, 1.82) is 0 Å². The topological polar surface area (TPSA) is 49.3 Å². The Kier molecular flexibility index (Phi) is 4.87. The van der Waals surface area contributed by atoms with E-state index >= 15 is 0 Å². The van der Waals surface area contributed by atoms with Crippen molar-refractivity contribution < 1.29 is 14.3 Å². The van der Waals surface area contributed by atoms with Crippen molar-refractivity contribution in [2.45, 2.75) is 25.4 Å². The second kappa shape index (κ2) is 7.08. The number of hydrogen-bond donors (Lipinski definition) is 2. The molecule has 3 nitrogen and oxygen atoms in total. The average molecular weight is 337 g/mol. The molecular weight excluding hydrogens is 317 g/mol. The molecule has 3 rings (SSSR count). The summed E-state index contributed by atoms with van der Waals surface area (Å²) in [5.74, 6) is 5.54. The minimum absolute atomic E-state index is 0.139. The number of carbonyl (C=O) groups is 1. The van der Waals surface area contributed by atoms with Crippen molar-refractivity contribution in [2.24, 2.45) is 5.92 Å². The minimum Gasteiger partial charge on any atom is -0.390 e. The number of rotatable bonds is 3. The van der Waals surface area contributed by atoms with Crippen LogP contribution in [0.2, 0.25) is 0 Å². The second-order valence-corrected chi connectivity index (χ2v) is 6.79. The van der Waals surface area contributed by atoms with Crippen LogP contribution in [0.15, 0.2) is 48.5 Å². The van der Waals surface area contributed by atoms with E-state index in [0.29, 0.717) is 23.6 Å². The molecule has 0 spiro atoms. The van der Waals surface area contributed by atoms with E-state index in [1.807, 2.05) is 6.92 Å². The monoisotopic (exact) mass is 337 g/mol. The molecular formula is C21H20FNO2. The molecule has 1 fully saturated rings. The van der Waals surface area contributed by atoms with Crippen LogP contribution in [-0.2, 0) is 0 Å². The Morgan fingerprint density at radius 1 is 1.20 bits per heavy atom. The van der Waals surface area contributed by atoms with Crippen molar-refractivity contribution in [3.63, 3.8) is 0 Å². The van der Waals surface area contributed by atoms with E-state index in [4.69, 9.17) is 0 Å². The summed E-state index contributed by atoms with van der Waals surface area (Å²) in [6.45, 7) is 2.39.